The number of hydrogen-bond donors (Lipinski definition) is 0. The van der Waals surface area contributed by atoms with Crippen molar-refractivity contribution >= 4 is 11.9 Å². The Labute approximate surface area is 223 Å². The van der Waals surface area contributed by atoms with Crippen LogP contribution in [-0.4, -0.2) is 62.2 Å². The van der Waals surface area contributed by atoms with Gasteiger partial charge in [0, 0.05) is 25.0 Å². The first-order valence-corrected chi connectivity index (χ1v) is 12.1. The summed E-state index contributed by atoms with van der Waals surface area (Å²) in [5.41, 5.74) is 3.00. The van der Waals surface area contributed by atoms with Gasteiger partial charge in [-0.3, -0.25) is 9.59 Å². The maximum absolute atomic E-state index is 11.4. The summed E-state index contributed by atoms with van der Waals surface area (Å²) in [6, 6.07) is 17.0. The molecule has 0 N–H and O–H groups in total. The van der Waals surface area contributed by atoms with E-state index in [4.69, 9.17) is 23.5 Å². The highest BCUT2D eigenvalue weighted by Crippen LogP contribution is 2.23. The standard InChI is InChI=1S/C27H25N5O7/c1-17(33)35-16-24-23(37-18(2)34)12-13-25(38-24)36-15-21-14-32(31-29-21)22-10-8-19(9-11-22)26-28-27(39-30-26)20-6-4-3-5-7-20/h3-14,23-25H,15-16H2,1-2H3/t23-,24+,25-/m0/s1. The van der Waals surface area contributed by atoms with Gasteiger partial charge < -0.3 is 23.5 Å². The summed E-state index contributed by atoms with van der Waals surface area (Å²) in [6.45, 7) is 2.61. The van der Waals surface area contributed by atoms with Crippen molar-refractivity contribution in [3.63, 3.8) is 0 Å². The molecular weight excluding hydrogens is 506 g/mol. The molecule has 2 aromatic heterocycles. The predicted octanol–water partition coefficient (Wildman–Crippen LogP) is 3.28. The maximum atomic E-state index is 11.4. The highest BCUT2D eigenvalue weighted by atomic mass is 16.7. The summed E-state index contributed by atoms with van der Waals surface area (Å²) in [5, 5.41) is 12.4. The summed E-state index contributed by atoms with van der Waals surface area (Å²) >= 11 is 0. The molecule has 5 rings (SSSR count). The minimum absolute atomic E-state index is 0.0823. The zero-order chi connectivity index (χ0) is 27.2. The molecule has 1 aliphatic rings. The number of esters is 2. The second-order valence-corrected chi connectivity index (χ2v) is 8.61. The highest BCUT2D eigenvalue weighted by Gasteiger charge is 2.31. The van der Waals surface area contributed by atoms with Crippen LogP contribution in [0.4, 0.5) is 0 Å². The number of benzene rings is 2. The molecule has 0 saturated carbocycles. The van der Waals surface area contributed by atoms with Crippen molar-refractivity contribution in [3.05, 3.63) is 78.6 Å². The molecule has 39 heavy (non-hydrogen) atoms. The van der Waals surface area contributed by atoms with Crippen molar-refractivity contribution in [1.29, 1.82) is 0 Å². The molecule has 0 unspecified atom stereocenters. The van der Waals surface area contributed by atoms with Crippen molar-refractivity contribution in [1.82, 2.24) is 25.1 Å². The molecule has 0 saturated heterocycles. The Morgan fingerprint density at radius 3 is 2.51 bits per heavy atom. The van der Waals surface area contributed by atoms with E-state index in [1.54, 1.807) is 23.0 Å². The lowest BCUT2D eigenvalue weighted by molar-refractivity contribution is -0.200. The van der Waals surface area contributed by atoms with Crippen molar-refractivity contribution in [2.24, 2.45) is 0 Å². The zero-order valence-corrected chi connectivity index (χ0v) is 21.2. The van der Waals surface area contributed by atoms with E-state index in [2.05, 4.69) is 20.5 Å². The van der Waals surface area contributed by atoms with E-state index in [0.717, 1.165) is 16.8 Å². The number of ether oxygens (including phenoxy) is 4. The Kier molecular flexibility index (Phi) is 7.85. The lowest BCUT2D eigenvalue weighted by atomic mass is 10.1. The first-order valence-electron chi connectivity index (χ1n) is 12.1. The van der Waals surface area contributed by atoms with Crippen LogP contribution < -0.4 is 0 Å². The van der Waals surface area contributed by atoms with Crippen LogP contribution in [0.2, 0.25) is 0 Å². The third kappa shape index (κ3) is 6.61. The van der Waals surface area contributed by atoms with Gasteiger partial charge in [-0.2, -0.15) is 4.98 Å². The molecule has 4 aromatic rings. The summed E-state index contributed by atoms with van der Waals surface area (Å²) in [5.74, 6) is -0.00561. The molecule has 0 bridgehead atoms. The minimum atomic E-state index is -0.752. The number of aromatic nitrogens is 5. The predicted molar refractivity (Wildman–Crippen MR) is 135 cm³/mol. The average Bonchev–Trinajstić information content (AvgIpc) is 3.63. The number of carbonyl (C=O) groups is 2. The third-order valence-electron chi connectivity index (χ3n) is 5.66. The molecule has 0 radical (unpaired) electrons. The van der Waals surface area contributed by atoms with Crippen LogP contribution in [0.15, 0.2) is 77.5 Å². The number of hydrogen-bond acceptors (Lipinski definition) is 11. The molecule has 0 amide bonds. The van der Waals surface area contributed by atoms with Gasteiger partial charge in [-0.05, 0) is 48.6 Å². The molecule has 200 valence electrons. The van der Waals surface area contributed by atoms with Gasteiger partial charge in [0.15, 0.2) is 6.29 Å². The molecule has 0 spiro atoms. The lowest BCUT2D eigenvalue weighted by Gasteiger charge is -2.31. The van der Waals surface area contributed by atoms with Gasteiger partial charge in [-0.1, -0.05) is 28.6 Å². The van der Waals surface area contributed by atoms with E-state index < -0.39 is 30.4 Å². The molecule has 1 aliphatic heterocycles. The Hall–Kier alpha value is -4.68. The fourth-order valence-corrected chi connectivity index (χ4v) is 3.81. The maximum Gasteiger partial charge on any atom is 0.303 e. The van der Waals surface area contributed by atoms with E-state index in [9.17, 15) is 9.59 Å². The first kappa shape index (κ1) is 25.9. The van der Waals surface area contributed by atoms with Crippen LogP contribution in [0.25, 0.3) is 28.5 Å². The van der Waals surface area contributed by atoms with Crippen LogP contribution in [-0.2, 0) is 35.1 Å². The Morgan fingerprint density at radius 1 is 0.974 bits per heavy atom. The topological polar surface area (TPSA) is 141 Å². The van der Waals surface area contributed by atoms with Crippen molar-refractivity contribution in [3.8, 4) is 28.5 Å². The number of rotatable bonds is 9. The lowest BCUT2D eigenvalue weighted by Crippen LogP contribution is -2.42. The molecule has 0 aliphatic carbocycles. The first-order chi connectivity index (χ1) is 18.9. The van der Waals surface area contributed by atoms with Crippen LogP contribution >= 0.6 is 0 Å². The third-order valence-corrected chi connectivity index (χ3v) is 5.66. The zero-order valence-electron chi connectivity index (χ0n) is 21.2. The monoisotopic (exact) mass is 531 g/mol. The van der Waals surface area contributed by atoms with Crippen molar-refractivity contribution in [2.75, 3.05) is 6.61 Å². The van der Waals surface area contributed by atoms with Gasteiger partial charge in [0.1, 0.15) is 24.5 Å². The van der Waals surface area contributed by atoms with Crippen molar-refractivity contribution < 1.29 is 33.1 Å². The van der Waals surface area contributed by atoms with Crippen LogP contribution in [0.5, 0.6) is 0 Å². The molecule has 12 nitrogen and oxygen atoms in total. The Balaban J connectivity index is 1.19. The Morgan fingerprint density at radius 2 is 1.77 bits per heavy atom. The Bertz CT molecular complexity index is 1450. The smallest absolute Gasteiger partial charge is 0.303 e. The summed E-state index contributed by atoms with van der Waals surface area (Å²) in [4.78, 5) is 27.1. The number of carbonyl (C=O) groups excluding carboxylic acids is 2. The van der Waals surface area contributed by atoms with E-state index >= 15 is 0 Å². The highest BCUT2D eigenvalue weighted by molar-refractivity contribution is 5.67. The summed E-state index contributed by atoms with van der Waals surface area (Å²) in [7, 11) is 0. The molecule has 3 heterocycles. The fourth-order valence-electron chi connectivity index (χ4n) is 3.81. The molecule has 2 aromatic carbocycles. The quantitative estimate of drug-likeness (QED) is 0.232. The van der Waals surface area contributed by atoms with Gasteiger partial charge >= 0.3 is 11.9 Å². The van der Waals surface area contributed by atoms with E-state index in [1.807, 2.05) is 54.6 Å². The summed E-state index contributed by atoms with van der Waals surface area (Å²) < 4.78 is 28.9. The summed E-state index contributed by atoms with van der Waals surface area (Å²) in [6.07, 6.45) is 2.86. The van der Waals surface area contributed by atoms with Gasteiger partial charge in [0.05, 0.1) is 18.5 Å². The SMILES string of the molecule is CC(=O)OC[C@H]1O[C@H](OCc2cn(-c3ccc(-c4noc(-c5ccccc5)n4)cc3)nn2)C=C[C@@H]1OC(C)=O. The van der Waals surface area contributed by atoms with Crippen molar-refractivity contribution in [2.45, 2.75) is 39.0 Å². The van der Waals surface area contributed by atoms with Crippen LogP contribution in [0, 0.1) is 0 Å². The average molecular weight is 532 g/mol. The number of nitrogens with zero attached hydrogens (tertiary/aromatic N) is 5. The van der Waals surface area contributed by atoms with E-state index in [0.29, 0.717) is 17.4 Å². The van der Waals surface area contributed by atoms with Gasteiger partial charge in [0.25, 0.3) is 5.89 Å². The second kappa shape index (κ2) is 11.8. The molecule has 0 fully saturated rings. The van der Waals surface area contributed by atoms with Gasteiger partial charge in [-0.15, -0.1) is 5.10 Å². The van der Waals surface area contributed by atoms with Gasteiger partial charge in [-0.25, -0.2) is 4.68 Å². The largest absolute Gasteiger partial charge is 0.463 e. The van der Waals surface area contributed by atoms with Gasteiger partial charge in [0.2, 0.25) is 5.82 Å². The normalized spacial score (nSPS) is 18.6. The van der Waals surface area contributed by atoms with Crippen LogP contribution in [0.3, 0.4) is 0 Å². The molecule has 12 heteroatoms. The fraction of sp³-hybridized carbons (Fsp3) is 0.259. The van der Waals surface area contributed by atoms with Crippen LogP contribution in [0.1, 0.15) is 19.5 Å². The van der Waals surface area contributed by atoms with E-state index in [-0.39, 0.29) is 13.2 Å². The second-order valence-electron chi connectivity index (χ2n) is 8.61. The van der Waals surface area contributed by atoms with E-state index in [1.165, 1.54) is 13.8 Å². The molecular formula is C27H25N5O7. The molecule has 3 atom stereocenters. The minimum Gasteiger partial charge on any atom is -0.463 e.